The normalized spacial score (nSPS) is 17.9. The number of aliphatic imine (C=N–C) groups is 1. The van der Waals surface area contributed by atoms with Crippen molar-refractivity contribution in [1.82, 2.24) is 20.4 Å². The average Bonchev–Trinajstić information content (AvgIpc) is 3.02. The molecule has 6 heteroatoms. The highest BCUT2D eigenvalue weighted by Gasteiger charge is 2.16. The van der Waals surface area contributed by atoms with Gasteiger partial charge in [-0.15, -0.1) is 0 Å². The van der Waals surface area contributed by atoms with Gasteiger partial charge in [-0.2, -0.15) is 0 Å². The van der Waals surface area contributed by atoms with Crippen molar-refractivity contribution in [2.24, 2.45) is 4.99 Å². The smallest absolute Gasteiger partial charge is 0.191 e. The Hall–Kier alpha value is -1.53. The van der Waals surface area contributed by atoms with Crippen molar-refractivity contribution in [3.63, 3.8) is 0 Å². The van der Waals surface area contributed by atoms with Crippen LogP contribution < -0.4 is 10.6 Å². The lowest BCUT2D eigenvalue weighted by molar-refractivity contribution is 0.264. The summed E-state index contributed by atoms with van der Waals surface area (Å²) in [5, 5.41) is 6.83. The number of likely N-dealkylation sites (tertiary alicyclic amines) is 1. The van der Waals surface area contributed by atoms with Gasteiger partial charge in [0.1, 0.15) is 5.76 Å². The lowest BCUT2D eigenvalue weighted by atomic mass is 10.2. The van der Waals surface area contributed by atoms with Crippen molar-refractivity contribution in [2.45, 2.75) is 45.1 Å². The minimum Gasteiger partial charge on any atom is -0.468 e. The summed E-state index contributed by atoms with van der Waals surface area (Å²) < 4.78 is 5.57. The second kappa shape index (κ2) is 12.0. The summed E-state index contributed by atoms with van der Waals surface area (Å²) >= 11 is 0. The van der Waals surface area contributed by atoms with E-state index in [1.54, 1.807) is 6.26 Å². The molecule has 2 rings (SSSR count). The van der Waals surface area contributed by atoms with Crippen molar-refractivity contribution in [3.8, 4) is 0 Å². The fourth-order valence-electron chi connectivity index (χ4n) is 3.38. The molecule has 148 valence electrons. The van der Waals surface area contributed by atoms with E-state index in [9.17, 15) is 0 Å². The largest absolute Gasteiger partial charge is 0.468 e. The average molecular weight is 364 g/mol. The maximum absolute atomic E-state index is 5.57. The van der Waals surface area contributed by atoms with E-state index in [1.807, 2.05) is 12.1 Å². The summed E-state index contributed by atoms with van der Waals surface area (Å²) in [5.41, 5.74) is 0. The van der Waals surface area contributed by atoms with Crippen LogP contribution in [0.5, 0.6) is 0 Å². The molecular weight excluding hydrogens is 326 g/mol. The fourth-order valence-corrected chi connectivity index (χ4v) is 3.38. The first kappa shape index (κ1) is 20.8. The Kier molecular flexibility index (Phi) is 9.56. The van der Waals surface area contributed by atoms with Gasteiger partial charge in [-0.3, -0.25) is 9.89 Å². The number of nitrogens with zero attached hydrogens (tertiary/aromatic N) is 3. The number of hydrogen-bond acceptors (Lipinski definition) is 4. The van der Waals surface area contributed by atoms with Crippen LogP contribution in [0, 0.1) is 0 Å². The number of nitrogens with one attached hydrogen (secondary N) is 2. The first-order valence-electron chi connectivity index (χ1n) is 10.1. The molecule has 0 radical (unpaired) electrons. The van der Waals surface area contributed by atoms with E-state index in [0.717, 1.165) is 31.2 Å². The summed E-state index contributed by atoms with van der Waals surface area (Å²) in [6, 6.07) is 4.10. The van der Waals surface area contributed by atoms with Crippen molar-refractivity contribution in [2.75, 3.05) is 53.4 Å². The molecule has 0 spiro atoms. The predicted molar refractivity (Wildman–Crippen MR) is 109 cm³/mol. The SMILES string of the molecule is CCNC(=NCC(c1ccco1)N(C)C)NCCCN1CCCCCC1. The second-order valence-corrected chi connectivity index (χ2v) is 7.25. The van der Waals surface area contributed by atoms with Crippen LogP contribution in [0.3, 0.4) is 0 Å². The monoisotopic (exact) mass is 363 g/mol. The molecular formula is C20H37N5O. The minimum absolute atomic E-state index is 0.151. The van der Waals surface area contributed by atoms with Crippen LogP contribution in [-0.4, -0.2) is 69.1 Å². The minimum atomic E-state index is 0.151. The summed E-state index contributed by atoms with van der Waals surface area (Å²) in [7, 11) is 4.12. The van der Waals surface area contributed by atoms with Gasteiger partial charge < -0.3 is 20.0 Å². The van der Waals surface area contributed by atoms with Crippen molar-refractivity contribution >= 4 is 5.96 Å². The molecule has 2 N–H and O–H groups in total. The molecule has 0 amide bonds. The molecule has 1 unspecified atom stereocenters. The van der Waals surface area contributed by atoms with Crippen LogP contribution in [0.2, 0.25) is 0 Å². The van der Waals surface area contributed by atoms with E-state index >= 15 is 0 Å². The van der Waals surface area contributed by atoms with E-state index in [0.29, 0.717) is 6.54 Å². The number of furan rings is 1. The topological polar surface area (TPSA) is 56.0 Å². The molecule has 1 saturated heterocycles. The zero-order valence-corrected chi connectivity index (χ0v) is 16.8. The number of guanidine groups is 1. The Bertz CT molecular complexity index is 492. The van der Waals surface area contributed by atoms with Crippen molar-refractivity contribution in [3.05, 3.63) is 24.2 Å². The molecule has 0 bridgehead atoms. The molecule has 1 aromatic heterocycles. The zero-order valence-electron chi connectivity index (χ0n) is 16.8. The number of rotatable bonds is 9. The Morgan fingerprint density at radius 1 is 1.23 bits per heavy atom. The molecule has 1 atom stereocenters. The third kappa shape index (κ3) is 7.38. The lowest BCUT2D eigenvalue weighted by Crippen LogP contribution is -2.39. The van der Waals surface area contributed by atoms with Gasteiger partial charge >= 0.3 is 0 Å². The Morgan fingerprint density at radius 2 is 2.00 bits per heavy atom. The van der Waals surface area contributed by atoms with Gasteiger partial charge in [0, 0.05) is 13.1 Å². The zero-order chi connectivity index (χ0) is 18.6. The standard InChI is InChI=1S/C20H37N5O/c1-4-21-20(22-12-10-15-25-13-7-5-6-8-14-25)23-17-18(24(2)3)19-11-9-16-26-19/h9,11,16,18H,4-8,10,12-15,17H2,1-3H3,(H2,21,22,23). The Labute approximate surface area is 159 Å². The summed E-state index contributed by atoms with van der Waals surface area (Å²) in [4.78, 5) is 9.52. The van der Waals surface area contributed by atoms with Crippen LogP contribution in [0.1, 0.15) is 50.8 Å². The van der Waals surface area contributed by atoms with Gasteiger partial charge in [0.05, 0.1) is 18.8 Å². The molecule has 2 heterocycles. The second-order valence-electron chi connectivity index (χ2n) is 7.25. The third-order valence-corrected chi connectivity index (χ3v) is 4.90. The van der Waals surface area contributed by atoms with E-state index in [-0.39, 0.29) is 6.04 Å². The highest BCUT2D eigenvalue weighted by molar-refractivity contribution is 5.79. The van der Waals surface area contributed by atoms with Crippen LogP contribution in [-0.2, 0) is 0 Å². The first-order valence-corrected chi connectivity index (χ1v) is 10.1. The molecule has 0 aliphatic carbocycles. The number of hydrogen-bond donors (Lipinski definition) is 2. The quantitative estimate of drug-likeness (QED) is 0.401. The van der Waals surface area contributed by atoms with Crippen molar-refractivity contribution < 1.29 is 4.42 Å². The van der Waals surface area contributed by atoms with E-state index in [4.69, 9.17) is 9.41 Å². The summed E-state index contributed by atoms with van der Waals surface area (Å²) in [6.07, 6.45) is 8.39. The Balaban J connectivity index is 1.78. The van der Waals surface area contributed by atoms with Crippen molar-refractivity contribution in [1.29, 1.82) is 0 Å². The first-order chi connectivity index (χ1) is 12.7. The third-order valence-electron chi connectivity index (χ3n) is 4.90. The summed E-state index contributed by atoms with van der Waals surface area (Å²) in [5.74, 6) is 1.84. The van der Waals surface area contributed by atoms with Gasteiger partial charge in [-0.05, 0) is 72.0 Å². The maximum Gasteiger partial charge on any atom is 0.191 e. The summed E-state index contributed by atoms with van der Waals surface area (Å²) in [6.45, 7) is 8.30. The van der Waals surface area contributed by atoms with Crippen LogP contribution in [0.25, 0.3) is 0 Å². The molecule has 1 aliphatic rings. The maximum atomic E-state index is 5.57. The van der Waals surface area contributed by atoms with Crippen LogP contribution in [0.15, 0.2) is 27.8 Å². The van der Waals surface area contributed by atoms with Crippen LogP contribution in [0.4, 0.5) is 0 Å². The predicted octanol–water partition coefficient (Wildman–Crippen LogP) is 2.70. The highest BCUT2D eigenvalue weighted by atomic mass is 16.3. The van der Waals surface area contributed by atoms with Gasteiger partial charge in [0.25, 0.3) is 0 Å². The van der Waals surface area contributed by atoms with E-state index in [2.05, 4.69) is 41.5 Å². The molecule has 0 saturated carbocycles. The van der Waals surface area contributed by atoms with Crippen LogP contribution >= 0.6 is 0 Å². The molecule has 1 aliphatic heterocycles. The van der Waals surface area contributed by atoms with Gasteiger partial charge in [-0.25, -0.2) is 0 Å². The molecule has 6 nitrogen and oxygen atoms in total. The van der Waals surface area contributed by atoms with E-state index in [1.165, 1.54) is 45.3 Å². The molecule has 1 fully saturated rings. The lowest BCUT2D eigenvalue weighted by Gasteiger charge is -2.22. The van der Waals surface area contributed by atoms with E-state index < -0.39 is 0 Å². The molecule has 1 aromatic rings. The highest BCUT2D eigenvalue weighted by Crippen LogP contribution is 2.18. The Morgan fingerprint density at radius 3 is 2.62 bits per heavy atom. The number of likely N-dealkylation sites (N-methyl/N-ethyl adjacent to an activating group) is 1. The van der Waals surface area contributed by atoms with Gasteiger partial charge in [0.2, 0.25) is 0 Å². The molecule has 26 heavy (non-hydrogen) atoms. The molecule has 0 aromatic carbocycles. The van der Waals surface area contributed by atoms with Gasteiger partial charge in [0.15, 0.2) is 5.96 Å². The fraction of sp³-hybridized carbons (Fsp3) is 0.750. The van der Waals surface area contributed by atoms with Gasteiger partial charge in [-0.1, -0.05) is 12.8 Å².